The monoisotopic (exact) mass is 342 g/mol. The molecule has 5 heteroatoms. The van der Waals surface area contributed by atoms with Gasteiger partial charge in [-0.05, 0) is 63.2 Å². The van der Waals surface area contributed by atoms with E-state index in [0.29, 0.717) is 6.04 Å². The van der Waals surface area contributed by atoms with E-state index < -0.39 is 0 Å². The maximum atomic E-state index is 12.7. The van der Waals surface area contributed by atoms with E-state index in [1.807, 2.05) is 11.9 Å². The Kier molecular flexibility index (Phi) is 6.72. The van der Waals surface area contributed by atoms with Crippen LogP contribution in [0.4, 0.5) is 0 Å². The molecule has 1 saturated heterocycles. The highest BCUT2D eigenvalue weighted by Gasteiger charge is 2.25. The number of carbonyl (C=O) groups is 1. The van der Waals surface area contributed by atoms with E-state index in [1.54, 1.807) is 11.3 Å². The first kappa shape index (κ1) is 17.8. The van der Waals surface area contributed by atoms with Gasteiger partial charge in [-0.25, -0.2) is 0 Å². The summed E-state index contributed by atoms with van der Waals surface area (Å²) in [5.74, 6) is 0.235. The summed E-state index contributed by atoms with van der Waals surface area (Å²) in [6, 6.07) is 2.59. The Balaban J connectivity index is 0.00000176. The van der Waals surface area contributed by atoms with Crippen LogP contribution in [0.5, 0.6) is 0 Å². The molecule has 0 bridgehead atoms. The highest BCUT2D eigenvalue weighted by Crippen LogP contribution is 2.29. The second-order valence-electron chi connectivity index (χ2n) is 6.37. The molecule has 2 aliphatic rings. The van der Waals surface area contributed by atoms with Crippen molar-refractivity contribution in [2.75, 3.05) is 20.1 Å². The number of hydrogen-bond donors (Lipinski definition) is 1. The van der Waals surface area contributed by atoms with Gasteiger partial charge in [0.05, 0.1) is 4.88 Å². The molecule has 0 spiro atoms. The lowest BCUT2D eigenvalue weighted by atomic mass is 9.99. The topological polar surface area (TPSA) is 32.3 Å². The molecule has 1 aliphatic carbocycles. The first-order valence-electron chi connectivity index (χ1n) is 8.35. The minimum absolute atomic E-state index is 0. The van der Waals surface area contributed by atoms with Gasteiger partial charge in [0.2, 0.25) is 0 Å². The van der Waals surface area contributed by atoms with E-state index >= 15 is 0 Å². The van der Waals surface area contributed by atoms with Crippen LogP contribution in [0.25, 0.3) is 0 Å². The van der Waals surface area contributed by atoms with E-state index in [1.165, 1.54) is 42.5 Å². The van der Waals surface area contributed by atoms with Gasteiger partial charge in [0, 0.05) is 18.0 Å². The molecule has 0 radical (unpaired) electrons. The number of piperidine rings is 1. The third kappa shape index (κ3) is 4.03. The van der Waals surface area contributed by atoms with E-state index in [4.69, 9.17) is 0 Å². The molecule has 0 unspecified atom stereocenters. The lowest BCUT2D eigenvalue weighted by Gasteiger charge is -2.31. The van der Waals surface area contributed by atoms with Gasteiger partial charge in [0.15, 0.2) is 0 Å². The van der Waals surface area contributed by atoms with Crippen LogP contribution < -0.4 is 5.32 Å². The summed E-state index contributed by atoms with van der Waals surface area (Å²) in [6.07, 6.45) is 9.73. The summed E-state index contributed by atoms with van der Waals surface area (Å²) in [5, 5.41) is 3.37. The fourth-order valence-corrected chi connectivity index (χ4v) is 4.72. The van der Waals surface area contributed by atoms with Crippen molar-refractivity contribution >= 4 is 29.7 Å². The summed E-state index contributed by atoms with van der Waals surface area (Å²) < 4.78 is 0. The molecular formula is C17H27ClN2OS. The van der Waals surface area contributed by atoms with Crippen molar-refractivity contribution in [2.45, 2.75) is 57.4 Å². The van der Waals surface area contributed by atoms with Crippen LogP contribution in [0, 0.1) is 0 Å². The Labute approximate surface area is 143 Å². The van der Waals surface area contributed by atoms with Crippen LogP contribution in [0.2, 0.25) is 0 Å². The number of fused-ring (bicyclic) bond motifs is 1. The number of aryl methyl sites for hydroxylation is 2. The maximum Gasteiger partial charge on any atom is 0.263 e. The normalized spacial score (nSPS) is 19.5. The predicted octanol–water partition coefficient (Wildman–Crippen LogP) is 3.65. The molecule has 22 heavy (non-hydrogen) atoms. The zero-order chi connectivity index (χ0) is 14.7. The lowest BCUT2D eigenvalue weighted by Crippen LogP contribution is -2.43. The van der Waals surface area contributed by atoms with Gasteiger partial charge in [-0.1, -0.05) is 12.8 Å². The van der Waals surface area contributed by atoms with Crippen LogP contribution in [-0.4, -0.2) is 37.0 Å². The molecular weight excluding hydrogens is 316 g/mol. The maximum absolute atomic E-state index is 12.7. The Hall–Kier alpha value is -0.580. The Morgan fingerprint density at radius 2 is 1.86 bits per heavy atom. The van der Waals surface area contributed by atoms with Gasteiger partial charge in [0.25, 0.3) is 5.91 Å². The molecule has 1 aromatic rings. The fraction of sp³-hybridized carbons (Fsp3) is 0.706. The van der Waals surface area contributed by atoms with Crippen molar-refractivity contribution in [1.29, 1.82) is 0 Å². The highest BCUT2D eigenvalue weighted by molar-refractivity contribution is 7.14. The average molecular weight is 343 g/mol. The molecule has 2 heterocycles. The van der Waals surface area contributed by atoms with Crippen molar-refractivity contribution in [1.82, 2.24) is 10.2 Å². The molecule has 0 aromatic carbocycles. The lowest BCUT2D eigenvalue weighted by molar-refractivity contribution is 0.0708. The molecule has 1 fully saturated rings. The zero-order valence-electron chi connectivity index (χ0n) is 13.4. The van der Waals surface area contributed by atoms with Gasteiger partial charge in [-0.15, -0.1) is 23.7 Å². The molecule has 1 aromatic heterocycles. The number of nitrogens with zero attached hydrogens (tertiary/aromatic N) is 1. The van der Waals surface area contributed by atoms with Crippen molar-refractivity contribution in [3.8, 4) is 0 Å². The third-order valence-corrected chi connectivity index (χ3v) is 6.11. The quantitative estimate of drug-likeness (QED) is 0.889. The molecule has 1 amide bonds. The number of amides is 1. The van der Waals surface area contributed by atoms with Crippen LogP contribution in [0.15, 0.2) is 6.07 Å². The van der Waals surface area contributed by atoms with Gasteiger partial charge in [0.1, 0.15) is 0 Å². The first-order chi connectivity index (χ1) is 10.3. The van der Waals surface area contributed by atoms with Crippen molar-refractivity contribution in [2.24, 2.45) is 0 Å². The molecule has 0 saturated carbocycles. The van der Waals surface area contributed by atoms with Crippen LogP contribution >= 0.6 is 23.7 Å². The smallest absolute Gasteiger partial charge is 0.263 e. The molecule has 3 nitrogen and oxygen atoms in total. The summed E-state index contributed by atoms with van der Waals surface area (Å²) in [7, 11) is 1.98. The molecule has 1 N–H and O–H groups in total. The third-order valence-electron chi connectivity index (χ3n) is 4.88. The Morgan fingerprint density at radius 1 is 1.18 bits per heavy atom. The first-order valence-corrected chi connectivity index (χ1v) is 9.17. The second kappa shape index (κ2) is 8.32. The van der Waals surface area contributed by atoms with Gasteiger partial charge < -0.3 is 10.2 Å². The number of rotatable bonds is 2. The molecule has 3 rings (SSSR count). The Bertz CT molecular complexity index is 471. The number of hydrogen-bond acceptors (Lipinski definition) is 3. The van der Waals surface area contributed by atoms with Crippen molar-refractivity contribution < 1.29 is 4.79 Å². The van der Waals surface area contributed by atoms with Crippen LogP contribution in [-0.2, 0) is 12.8 Å². The number of halogens is 1. The van der Waals surface area contributed by atoms with Gasteiger partial charge in [-0.2, -0.15) is 0 Å². The molecule has 124 valence electrons. The zero-order valence-corrected chi connectivity index (χ0v) is 15.0. The summed E-state index contributed by atoms with van der Waals surface area (Å²) >= 11 is 1.75. The molecule has 1 aliphatic heterocycles. The summed E-state index contributed by atoms with van der Waals surface area (Å²) in [5.41, 5.74) is 1.45. The van der Waals surface area contributed by atoms with E-state index in [2.05, 4.69) is 11.4 Å². The Morgan fingerprint density at radius 3 is 2.59 bits per heavy atom. The van der Waals surface area contributed by atoms with E-state index in [0.717, 1.165) is 37.2 Å². The van der Waals surface area contributed by atoms with Gasteiger partial charge >= 0.3 is 0 Å². The number of carbonyl (C=O) groups excluding carboxylic acids is 1. The average Bonchev–Trinajstić information content (AvgIpc) is 2.89. The summed E-state index contributed by atoms with van der Waals surface area (Å²) in [4.78, 5) is 17.2. The van der Waals surface area contributed by atoms with Crippen LogP contribution in [0.3, 0.4) is 0 Å². The highest BCUT2D eigenvalue weighted by atomic mass is 35.5. The summed E-state index contributed by atoms with van der Waals surface area (Å²) in [6.45, 7) is 2.06. The van der Waals surface area contributed by atoms with E-state index in [9.17, 15) is 4.79 Å². The van der Waals surface area contributed by atoms with Crippen molar-refractivity contribution in [3.05, 3.63) is 21.4 Å². The molecule has 0 atom stereocenters. The largest absolute Gasteiger partial charge is 0.338 e. The SMILES string of the molecule is CN(C(=O)c1cc2c(s1)CCCCCC2)C1CCNCC1.Cl. The predicted molar refractivity (Wildman–Crippen MR) is 95.4 cm³/mol. The van der Waals surface area contributed by atoms with Gasteiger partial charge in [-0.3, -0.25) is 4.79 Å². The van der Waals surface area contributed by atoms with Crippen molar-refractivity contribution in [3.63, 3.8) is 0 Å². The minimum Gasteiger partial charge on any atom is -0.338 e. The van der Waals surface area contributed by atoms with E-state index in [-0.39, 0.29) is 18.3 Å². The number of nitrogens with one attached hydrogen (secondary N) is 1. The standard InChI is InChI=1S/C17H26N2OS.ClH/c1-19(14-8-10-18-11-9-14)17(20)16-12-13-6-4-2-3-5-7-15(13)21-16;/h12,14,18H,2-11H2,1H3;1H. The number of thiophene rings is 1. The fourth-order valence-electron chi connectivity index (χ4n) is 3.48. The van der Waals surface area contributed by atoms with Crippen LogP contribution in [0.1, 0.15) is 58.6 Å². The minimum atomic E-state index is 0. The second-order valence-corrected chi connectivity index (χ2v) is 7.51.